The van der Waals surface area contributed by atoms with Crippen molar-refractivity contribution in [2.24, 2.45) is 5.92 Å². The standard InChI is InChI=1S/C20H26FN5O2/c1-12(2)24-17-5-4-15(21)9-18(17)25-20(28)16-11-23-26-7-6-14(8-19(16)26)10-22-13(3)27/h4-5,9,11-12,14,24H,6-8,10H2,1-3H3,(H,22,27)(H,25,28)/t14-/m1/s1. The highest BCUT2D eigenvalue weighted by Crippen LogP contribution is 2.27. The van der Waals surface area contributed by atoms with Crippen LogP contribution >= 0.6 is 0 Å². The van der Waals surface area contributed by atoms with Crippen LogP contribution in [0.15, 0.2) is 24.4 Å². The molecular weight excluding hydrogens is 361 g/mol. The van der Waals surface area contributed by atoms with E-state index < -0.39 is 5.82 Å². The van der Waals surface area contributed by atoms with Crippen molar-refractivity contribution in [2.45, 2.75) is 46.2 Å². The Labute approximate surface area is 163 Å². The number of aryl methyl sites for hydroxylation is 1. The fraction of sp³-hybridized carbons (Fsp3) is 0.450. The van der Waals surface area contributed by atoms with E-state index in [-0.39, 0.29) is 23.8 Å². The third kappa shape index (κ3) is 4.68. The van der Waals surface area contributed by atoms with Gasteiger partial charge in [-0.3, -0.25) is 14.3 Å². The zero-order valence-corrected chi connectivity index (χ0v) is 16.4. The molecule has 0 radical (unpaired) electrons. The lowest BCUT2D eigenvalue weighted by Gasteiger charge is -2.24. The van der Waals surface area contributed by atoms with Crippen LogP contribution in [0, 0.1) is 11.7 Å². The van der Waals surface area contributed by atoms with Crippen LogP contribution in [0.5, 0.6) is 0 Å². The SMILES string of the molecule is CC(=O)NC[C@@H]1CCn2ncc(C(=O)Nc3cc(F)ccc3NC(C)C)c2C1. The quantitative estimate of drug-likeness (QED) is 0.711. The number of hydrogen-bond donors (Lipinski definition) is 3. The van der Waals surface area contributed by atoms with Crippen LogP contribution in [0.4, 0.5) is 15.8 Å². The van der Waals surface area contributed by atoms with E-state index in [1.54, 1.807) is 12.3 Å². The number of aromatic nitrogens is 2. The van der Waals surface area contributed by atoms with Gasteiger partial charge in [0, 0.05) is 26.1 Å². The largest absolute Gasteiger partial charge is 0.381 e. The Morgan fingerprint density at radius 2 is 2.11 bits per heavy atom. The van der Waals surface area contributed by atoms with Crippen molar-refractivity contribution in [3.63, 3.8) is 0 Å². The molecule has 0 bridgehead atoms. The van der Waals surface area contributed by atoms with Crippen LogP contribution in [0.25, 0.3) is 0 Å². The monoisotopic (exact) mass is 387 g/mol. The Hall–Kier alpha value is -2.90. The number of rotatable bonds is 6. The van der Waals surface area contributed by atoms with Crippen molar-refractivity contribution in [1.29, 1.82) is 0 Å². The maximum atomic E-state index is 13.7. The van der Waals surface area contributed by atoms with E-state index >= 15 is 0 Å². The number of nitrogens with zero attached hydrogens (tertiary/aromatic N) is 2. The fourth-order valence-electron chi connectivity index (χ4n) is 3.40. The van der Waals surface area contributed by atoms with Gasteiger partial charge in [-0.1, -0.05) is 0 Å². The van der Waals surface area contributed by atoms with Crippen molar-refractivity contribution in [3.8, 4) is 0 Å². The minimum atomic E-state index is -0.419. The molecule has 8 heteroatoms. The molecule has 1 atom stereocenters. The summed E-state index contributed by atoms with van der Waals surface area (Å²) in [6.07, 6.45) is 3.10. The predicted molar refractivity (Wildman–Crippen MR) is 106 cm³/mol. The lowest BCUT2D eigenvalue weighted by Crippen LogP contribution is -2.32. The first kappa shape index (κ1) is 19.9. The average molecular weight is 387 g/mol. The van der Waals surface area contributed by atoms with Gasteiger partial charge in [0.2, 0.25) is 5.91 Å². The summed E-state index contributed by atoms with van der Waals surface area (Å²) in [6, 6.07) is 4.41. The number of nitrogens with one attached hydrogen (secondary N) is 3. The van der Waals surface area contributed by atoms with Crippen molar-refractivity contribution in [2.75, 3.05) is 17.2 Å². The molecular formula is C20H26FN5O2. The van der Waals surface area contributed by atoms with Gasteiger partial charge in [0.1, 0.15) is 5.82 Å². The molecule has 1 aromatic carbocycles. The lowest BCUT2D eigenvalue weighted by molar-refractivity contribution is -0.119. The van der Waals surface area contributed by atoms with Gasteiger partial charge in [-0.25, -0.2) is 4.39 Å². The summed E-state index contributed by atoms with van der Waals surface area (Å²) in [6.45, 7) is 6.71. The van der Waals surface area contributed by atoms with Crippen LogP contribution < -0.4 is 16.0 Å². The second kappa shape index (κ2) is 8.41. The van der Waals surface area contributed by atoms with E-state index in [2.05, 4.69) is 21.0 Å². The van der Waals surface area contributed by atoms with Gasteiger partial charge in [0.15, 0.2) is 0 Å². The number of carbonyl (C=O) groups is 2. The molecule has 3 N–H and O–H groups in total. The van der Waals surface area contributed by atoms with E-state index in [4.69, 9.17) is 0 Å². The zero-order chi connectivity index (χ0) is 20.3. The maximum absolute atomic E-state index is 13.7. The Morgan fingerprint density at radius 3 is 2.82 bits per heavy atom. The maximum Gasteiger partial charge on any atom is 0.259 e. The van der Waals surface area contributed by atoms with Gasteiger partial charge in [-0.15, -0.1) is 0 Å². The van der Waals surface area contributed by atoms with Gasteiger partial charge < -0.3 is 16.0 Å². The number of fused-ring (bicyclic) bond motifs is 1. The first-order chi connectivity index (χ1) is 13.3. The highest BCUT2D eigenvalue weighted by molar-refractivity contribution is 6.06. The summed E-state index contributed by atoms with van der Waals surface area (Å²) in [5.41, 5.74) is 2.37. The molecule has 0 unspecified atom stereocenters. The lowest BCUT2D eigenvalue weighted by atomic mass is 9.94. The van der Waals surface area contributed by atoms with E-state index in [1.807, 2.05) is 18.5 Å². The second-order valence-corrected chi connectivity index (χ2v) is 7.47. The Bertz CT molecular complexity index is 877. The molecule has 2 aromatic rings. The van der Waals surface area contributed by atoms with Crippen LogP contribution in [-0.2, 0) is 17.8 Å². The van der Waals surface area contributed by atoms with Crippen LogP contribution in [0.1, 0.15) is 43.2 Å². The molecule has 0 aliphatic carbocycles. The predicted octanol–water partition coefficient (Wildman–Crippen LogP) is 2.79. The average Bonchev–Trinajstić information content (AvgIpc) is 3.05. The molecule has 0 spiro atoms. The van der Waals surface area contributed by atoms with Crippen LogP contribution in [0.3, 0.4) is 0 Å². The Morgan fingerprint density at radius 1 is 1.32 bits per heavy atom. The van der Waals surface area contributed by atoms with Crippen molar-refractivity contribution < 1.29 is 14.0 Å². The third-order valence-corrected chi connectivity index (χ3v) is 4.74. The molecule has 1 aliphatic rings. The van der Waals surface area contributed by atoms with Gasteiger partial charge in [0.05, 0.1) is 28.8 Å². The summed E-state index contributed by atoms with van der Waals surface area (Å²) in [5.74, 6) is -0.545. The van der Waals surface area contributed by atoms with E-state index in [9.17, 15) is 14.0 Å². The topological polar surface area (TPSA) is 88.0 Å². The minimum Gasteiger partial charge on any atom is -0.381 e. The van der Waals surface area contributed by atoms with Gasteiger partial charge in [-0.05, 0) is 50.8 Å². The highest BCUT2D eigenvalue weighted by atomic mass is 19.1. The molecule has 1 aromatic heterocycles. The van der Waals surface area contributed by atoms with Crippen molar-refractivity contribution in [1.82, 2.24) is 15.1 Å². The normalized spacial score (nSPS) is 15.8. The minimum absolute atomic E-state index is 0.0617. The van der Waals surface area contributed by atoms with Gasteiger partial charge in [-0.2, -0.15) is 5.10 Å². The van der Waals surface area contributed by atoms with Crippen molar-refractivity contribution in [3.05, 3.63) is 41.5 Å². The summed E-state index contributed by atoms with van der Waals surface area (Å²) >= 11 is 0. The summed E-state index contributed by atoms with van der Waals surface area (Å²) in [4.78, 5) is 24.1. The number of carbonyl (C=O) groups excluding carboxylic acids is 2. The van der Waals surface area contributed by atoms with Crippen LogP contribution in [0.2, 0.25) is 0 Å². The smallest absolute Gasteiger partial charge is 0.259 e. The zero-order valence-electron chi connectivity index (χ0n) is 16.4. The molecule has 0 fully saturated rings. The number of amides is 2. The molecule has 28 heavy (non-hydrogen) atoms. The molecule has 3 rings (SSSR count). The first-order valence-corrected chi connectivity index (χ1v) is 9.50. The van der Waals surface area contributed by atoms with Crippen molar-refractivity contribution >= 4 is 23.2 Å². The number of benzene rings is 1. The molecule has 2 heterocycles. The van der Waals surface area contributed by atoms with Crippen LogP contribution in [-0.4, -0.2) is 34.2 Å². The fourth-order valence-corrected chi connectivity index (χ4v) is 3.40. The molecule has 2 amide bonds. The van der Waals surface area contributed by atoms with Gasteiger partial charge in [0.25, 0.3) is 5.91 Å². The van der Waals surface area contributed by atoms with E-state index in [0.717, 1.165) is 12.1 Å². The summed E-state index contributed by atoms with van der Waals surface area (Å²) < 4.78 is 15.6. The number of halogens is 1. The van der Waals surface area contributed by atoms with E-state index in [1.165, 1.54) is 19.1 Å². The summed E-state index contributed by atoms with van der Waals surface area (Å²) in [5, 5.41) is 13.2. The van der Waals surface area contributed by atoms with E-state index in [0.29, 0.717) is 36.4 Å². The first-order valence-electron chi connectivity index (χ1n) is 9.50. The third-order valence-electron chi connectivity index (χ3n) is 4.74. The second-order valence-electron chi connectivity index (χ2n) is 7.47. The Balaban J connectivity index is 1.77. The van der Waals surface area contributed by atoms with Gasteiger partial charge >= 0.3 is 0 Å². The number of hydrogen-bond acceptors (Lipinski definition) is 4. The molecule has 0 saturated carbocycles. The molecule has 0 saturated heterocycles. The molecule has 1 aliphatic heterocycles. The highest BCUT2D eigenvalue weighted by Gasteiger charge is 2.25. The Kier molecular flexibility index (Phi) is 5.96. The number of anilines is 2. The molecule has 7 nitrogen and oxygen atoms in total. The molecule has 150 valence electrons. The summed E-state index contributed by atoms with van der Waals surface area (Å²) in [7, 11) is 0.